The van der Waals surface area contributed by atoms with Crippen LogP contribution < -0.4 is 10.1 Å². The lowest BCUT2D eigenvalue weighted by Gasteiger charge is -2.03. The first-order chi connectivity index (χ1) is 14.2. The van der Waals surface area contributed by atoms with Crippen molar-refractivity contribution >= 4 is 16.8 Å². The summed E-state index contributed by atoms with van der Waals surface area (Å²) in [4.78, 5) is 19.7. The third-order valence-corrected chi connectivity index (χ3v) is 4.77. The van der Waals surface area contributed by atoms with Crippen LogP contribution in [0.5, 0.6) is 5.75 Å². The number of rotatable bonds is 8. The number of carbonyl (C=O) groups excluding carboxylic acids is 1. The standard InChI is InChI=1S/C22H22N4O3/c1-28-17-8-6-15(7-9-17)22-25-21(29-26-22)11-10-20(27)23-13-12-16-14-24-19-5-3-2-4-18(16)19/h2-9,14,24H,10-13H2,1H3,(H,23,27). The minimum absolute atomic E-state index is 0.0333. The van der Waals surface area contributed by atoms with Crippen LogP contribution in [0.1, 0.15) is 17.9 Å². The fraction of sp³-hybridized carbons (Fsp3) is 0.227. The van der Waals surface area contributed by atoms with Gasteiger partial charge in [0, 0.05) is 42.0 Å². The lowest BCUT2D eigenvalue weighted by Crippen LogP contribution is -2.25. The Morgan fingerprint density at radius 2 is 1.97 bits per heavy atom. The number of fused-ring (bicyclic) bond motifs is 1. The highest BCUT2D eigenvalue weighted by atomic mass is 16.5. The molecule has 7 heteroatoms. The molecule has 29 heavy (non-hydrogen) atoms. The van der Waals surface area contributed by atoms with Crippen LogP contribution >= 0.6 is 0 Å². The molecule has 2 heterocycles. The number of aromatic nitrogens is 3. The molecule has 4 aromatic rings. The molecule has 0 bridgehead atoms. The molecule has 2 aromatic heterocycles. The number of carbonyl (C=O) groups is 1. The number of aryl methyl sites for hydroxylation is 1. The second-order valence-electron chi connectivity index (χ2n) is 6.70. The molecular formula is C22H22N4O3. The minimum Gasteiger partial charge on any atom is -0.497 e. The van der Waals surface area contributed by atoms with Gasteiger partial charge in [0.15, 0.2) is 0 Å². The zero-order valence-corrected chi connectivity index (χ0v) is 16.1. The van der Waals surface area contributed by atoms with Crippen molar-refractivity contribution in [1.29, 1.82) is 0 Å². The smallest absolute Gasteiger partial charge is 0.227 e. The van der Waals surface area contributed by atoms with Gasteiger partial charge in [-0.15, -0.1) is 0 Å². The summed E-state index contributed by atoms with van der Waals surface area (Å²) in [6.45, 7) is 0.585. The molecule has 1 amide bonds. The normalized spacial score (nSPS) is 10.9. The van der Waals surface area contributed by atoms with E-state index in [4.69, 9.17) is 9.26 Å². The number of nitrogens with one attached hydrogen (secondary N) is 2. The zero-order valence-electron chi connectivity index (χ0n) is 16.1. The van der Waals surface area contributed by atoms with Crippen LogP contribution in [0.3, 0.4) is 0 Å². The second-order valence-corrected chi connectivity index (χ2v) is 6.70. The van der Waals surface area contributed by atoms with Crippen LogP contribution in [0.2, 0.25) is 0 Å². The number of hydrogen-bond acceptors (Lipinski definition) is 5. The fourth-order valence-corrected chi connectivity index (χ4v) is 3.20. The van der Waals surface area contributed by atoms with E-state index in [0.29, 0.717) is 31.1 Å². The summed E-state index contributed by atoms with van der Waals surface area (Å²) >= 11 is 0. The Kier molecular flexibility index (Phi) is 5.56. The van der Waals surface area contributed by atoms with Crippen molar-refractivity contribution in [2.75, 3.05) is 13.7 Å². The maximum atomic E-state index is 12.1. The number of hydrogen-bond donors (Lipinski definition) is 2. The van der Waals surface area contributed by atoms with Crippen LogP contribution in [0.15, 0.2) is 59.3 Å². The van der Waals surface area contributed by atoms with Gasteiger partial charge in [0.1, 0.15) is 5.75 Å². The van der Waals surface area contributed by atoms with E-state index in [1.165, 1.54) is 10.9 Å². The predicted octanol–water partition coefficient (Wildman–Crippen LogP) is 3.52. The average molecular weight is 390 g/mol. The van der Waals surface area contributed by atoms with Crippen molar-refractivity contribution in [1.82, 2.24) is 20.4 Å². The zero-order chi connectivity index (χ0) is 20.1. The molecule has 0 aliphatic carbocycles. The Labute approximate surface area is 168 Å². The van der Waals surface area contributed by atoms with Gasteiger partial charge in [-0.3, -0.25) is 4.79 Å². The summed E-state index contributed by atoms with van der Waals surface area (Å²) < 4.78 is 10.4. The van der Waals surface area contributed by atoms with E-state index >= 15 is 0 Å². The summed E-state index contributed by atoms with van der Waals surface area (Å²) in [6, 6.07) is 15.6. The van der Waals surface area contributed by atoms with Crippen molar-refractivity contribution in [3.8, 4) is 17.1 Å². The first kappa shape index (κ1) is 18.7. The van der Waals surface area contributed by atoms with E-state index in [2.05, 4.69) is 26.5 Å². The van der Waals surface area contributed by atoms with Gasteiger partial charge < -0.3 is 19.6 Å². The van der Waals surface area contributed by atoms with Gasteiger partial charge in [-0.2, -0.15) is 4.98 Å². The van der Waals surface area contributed by atoms with E-state index in [0.717, 1.165) is 23.3 Å². The third kappa shape index (κ3) is 4.45. The molecule has 7 nitrogen and oxygen atoms in total. The highest BCUT2D eigenvalue weighted by Crippen LogP contribution is 2.20. The number of methoxy groups -OCH3 is 1. The molecular weight excluding hydrogens is 368 g/mol. The van der Waals surface area contributed by atoms with Crippen LogP contribution in [-0.4, -0.2) is 34.7 Å². The van der Waals surface area contributed by atoms with E-state index in [9.17, 15) is 4.79 Å². The Bertz CT molecular complexity index is 1100. The van der Waals surface area contributed by atoms with Crippen molar-refractivity contribution in [3.05, 3.63) is 66.2 Å². The lowest BCUT2D eigenvalue weighted by molar-refractivity contribution is -0.121. The maximum Gasteiger partial charge on any atom is 0.227 e. The monoisotopic (exact) mass is 390 g/mol. The van der Waals surface area contributed by atoms with E-state index in [1.54, 1.807) is 7.11 Å². The summed E-state index contributed by atoms with van der Waals surface area (Å²) in [5.41, 5.74) is 3.14. The highest BCUT2D eigenvalue weighted by Gasteiger charge is 2.11. The van der Waals surface area contributed by atoms with Gasteiger partial charge in [-0.25, -0.2) is 0 Å². The van der Waals surface area contributed by atoms with Crippen molar-refractivity contribution in [3.63, 3.8) is 0 Å². The lowest BCUT2D eigenvalue weighted by atomic mass is 10.1. The quantitative estimate of drug-likeness (QED) is 0.480. The van der Waals surface area contributed by atoms with Crippen molar-refractivity contribution < 1.29 is 14.1 Å². The minimum atomic E-state index is -0.0333. The highest BCUT2D eigenvalue weighted by molar-refractivity contribution is 5.83. The second kappa shape index (κ2) is 8.60. The average Bonchev–Trinajstić information content (AvgIpc) is 3.40. The van der Waals surface area contributed by atoms with Gasteiger partial charge in [-0.1, -0.05) is 23.4 Å². The van der Waals surface area contributed by atoms with Crippen LogP contribution in [-0.2, 0) is 17.6 Å². The van der Waals surface area contributed by atoms with Gasteiger partial charge in [0.2, 0.25) is 17.6 Å². The predicted molar refractivity (Wildman–Crippen MR) is 110 cm³/mol. The van der Waals surface area contributed by atoms with Crippen molar-refractivity contribution in [2.24, 2.45) is 0 Å². The Balaban J connectivity index is 1.25. The SMILES string of the molecule is COc1ccc(-c2noc(CCC(=O)NCCc3c[nH]c4ccccc34)n2)cc1. The number of H-pyrrole nitrogens is 1. The number of ether oxygens (including phenoxy) is 1. The third-order valence-electron chi connectivity index (χ3n) is 4.77. The molecule has 0 aliphatic heterocycles. The number of amides is 1. The Hall–Kier alpha value is -3.61. The molecule has 2 aromatic carbocycles. The first-order valence-corrected chi connectivity index (χ1v) is 9.51. The van der Waals surface area contributed by atoms with E-state index in [-0.39, 0.29) is 5.91 Å². The summed E-state index contributed by atoms with van der Waals surface area (Å²) in [7, 11) is 1.62. The molecule has 0 fully saturated rings. The van der Waals surface area contributed by atoms with E-state index < -0.39 is 0 Å². The number of aromatic amines is 1. The van der Waals surface area contributed by atoms with Gasteiger partial charge in [-0.05, 0) is 42.3 Å². The molecule has 0 saturated heterocycles. The molecule has 2 N–H and O–H groups in total. The van der Waals surface area contributed by atoms with Crippen LogP contribution in [0.4, 0.5) is 0 Å². The van der Waals surface area contributed by atoms with Gasteiger partial charge >= 0.3 is 0 Å². The Morgan fingerprint density at radius 1 is 1.14 bits per heavy atom. The maximum absolute atomic E-state index is 12.1. The molecule has 0 saturated carbocycles. The molecule has 0 unspecified atom stereocenters. The summed E-state index contributed by atoms with van der Waals surface area (Å²) in [5, 5.41) is 8.13. The van der Waals surface area contributed by atoms with Crippen LogP contribution in [0.25, 0.3) is 22.3 Å². The number of nitrogens with zero attached hydrogens (tertiary/aromatic N) is 2. The molecule has 0 spiro atoms. The molecule has 148 valence electrons. The van der Waals surface area contributed by atoms with Gasteiger partial charge in [0.05, 0.1) is 7.11 Å². The summed E-state index contributed by atoms with van der Waals surface area (Å²) in [5.74, 6) is 1.68. The van der Waals surface area contributed by atoms with Crippen molar-refractivity contribution in [2.45, 2.75) is 19.3 Å². The fourth-order valence-electron chi connectivity index (χ4n) is 3.20. The van der Waals surface area contributed by atoms with Crippen LogP contribution in [0, 0.1) is 0 Å². The number of benzene rings is 2. The Morgan fingerprint density at radius 3 is 2.79 bits per heavy atom. The summed E-state index contributed by atoms with van der Waals surface area (Å²) in [6.07, 6.45) is 3.48. The number of para-hydroxylation sites is 1. The molecule has 4 rings (SSSR count). The first-order valence-electron chi connectivity index (χ1n) is 9.51. The van der Waals surface area contributed by atoms with Gasteiger partial charge in [0.25, 0.3) is 0 Å². The molecule has 0 aliphatic rings. The largest absolute Gasteiger partial charge is 0.497 e. The topological polar surface area (TPSA) is 93.0 Å². The molecule has 0 atom stereocenters. The van der Waals surface area contributed by atoms with E-state index in [1.807, 2.05) is 48.7 Å². The molecule has 0 radical (unpaired) electrons.